The molecule has 2 N–H and O–H groups in total. The molecule has 0 bridgehead atoms. The van der Waals surface area contributed by atoms with Gasteiger partial charge in [-0.1, -0.05) is 13.8 Å². The molecule has 2 aromatic carbocycles. The predicted molar refractivity (Wildman–Crippen MR) is 120 cm³/mol. The van der Waals surface area contributed by atoms with E-state index in [0.29, 0.717) is 42.4 Å². The summed E-state index contributed by atoms with van der Waals surface area (Å²) in [5, 5.41) is 5.66. The Morgan fingerprint density at radius 2 is 1.56 bits per heavy atom. The van der Waals surface area contributed by atoms with Crippen LogP contribution in [0.5, 0.6) is 17.2 Å². The first-order chi connectivity index (χ1) is 15.3. The van der Waals surface area contributed by atoms with Crippen LogP contribution in [-0.2, 0) is 4.79 Å². The number of ether oxygens (including phenoxy) is 3. The highest BCUT2D eigenvalue weighted by molar-refractivity contribution is 5.98. The molecule has 8 heteroatoms. The number of hydrogen-bond acceptors (Lipinski definition) is 5. The lowest BCUT2D eigenvalue weighted by atomic mass is 10.0. The van der Waals surface area contributed by atoms with Crippen molar-refractivity contribution in [1.82, 2.24) is 10.6 Å². The molecule has 0 spiro atoms. The molecular formula is C24H31FN2O5. The molecule has 1 atom stereocenters. The maximum absolute atomic E-state index is 12.9. The van der Waals surface area contributed by atoms with Gasteiger partial charge in [-0.05, 0) is 55.2 Å². The quantitative estimate of drug-likeness (QED) is 0.487. The fraction of sp³-hybridized carbons (Fsp3) is 0.417. The summed E-state index contributed by atoms with van der Waals surface area (Å²) in [6.07, 6.45) is 1.43. The first-order valence-corrected chi connectivity index (χ1v) is 10.5. The van der Waals surface area contributed by atoms with Crippen molar-refractivity contribution in [1.29, 1.82) is 0 Å². The van der Waals surface area contributed by atoms with Crippen molar-refractivity contribution in [3.8, 4) is 17.2 Å². The van der Waals surface area contributed by atoms with Crippen LogP contribution in [0.15, 0.2) is 42.5 Å². The monoisotopic (exact) mass is 446 g/mol. The highest BCUT2D eigenvalue weighted by atomic mass is 19.1. The number of halogens is 1. The summed E-state index contributed by atoms with van der Waals surface area (Å²) in [6, 6.07) is 10.0. The molecule has 0 fully saturated rings. The number of nitrogens with one attached hydrogen (secondary N) is 2. The van der Waals surface area contributed by atoms with E-state index in [2.05, 4.69) is 10.6 Å². The van der Waals surface area contributed by atoms with Gasteiger partial charge in [-0.2, -0.15) is 0 Å². The molecule has 2 aromatic rings. The molecule has 0 saturated heterocycles. The van der Waals surface area contributed by atoms with Crippen LogP contribution in [0, 0.1) is 11.7 Å². The molecule has 0 saturated carbocycles. The second-order valence-corrected chi connectivity index (χ2v) is 7.60. The van der Waals surface area contributed by atoms with Crippen LogP contribution >= 0.6 is 0 Å². The van der Waals surface area contributed by atoms with Gasteiger partial charge in [-0.25, -0.2) is 4.39 Å². The number of carbonyl (C=O) groups excluding carboxylic acids is 2. The summed E-state index contributed by atoms with van der Waals surface area (Å²) in [5.74, 6) is 0.537. The lowest BCUT2D eigenvalue weighted by Crippen LogP contribution is -2.49. The van der Waals surface area contributed by atoms with Crippen molar-refractivity contribution in [2.45, 2.75) is 32.7 Å². The molecule has 2 amide bonds. The van der Waals surface area contributed by atoms with Gasteiger partial charge in [-0.15, -0.1) is 0 Å². The number of carbonyl (C=O) groups is 2. The standard InChI is InChI=1S/C24H31FN2O5/c1-16(2)22(27-23(28)17-13-20(30-3)15-21(14-17)31-4)24(29)26-11-5-6-12-32-19-9-7-18(25)8-10-19/h7-10,13-16,22H,5-6,11-12H2,1-4H3,(H,26,29)(H,27,28). The van der Waals surface area contributed by atoms with Crippen molar-refractivity contribution in [2.75, 3.05) is 27.4 Å². The molecule has 1 unspecified atom stereocenters. The van der Waals surface area contributed by atoms with E-state index >= 15 is 0 Å². The van der Waals surface area contributed by atoms with Crippen LogP contribution in [-0.4, -0.2) is 45.2 Å². The Balaban J connectivity index is 1.81. The molecule has 0 aliphatic heterocycles. The summed E-state index contributed by atoms with van der Waals surface area (Å²) in [4.78, 5) is 25.4. The minimum absolute atomic E-state index is 0.103. The van der Waals surface area contributed by atoms with E-state index in [-0.39, 0.29) is 23.5 Å². The van der Waals surface area contributed by atoms with Crippen LogP contribution in [0.4, 0.5) is 4.39 Å². The lowest BCUT2D eigenvalue weighted by molar-refractivity contribution is -0.123. The Morgan fingerprint density at radius 1 is 0.938 bits per heavy atom. The molecule has 0 aromatic heterocycles. The molecular weight excluding hydrogens is 415 g/mol. The zero-order valence-corrected chi connectivity index (χ0v) is 18.9. The zero-order chi connectivity index (χ0) is 23.5. The maximum Gasteiger partial charge on any atom is 0.252 e. The fourth-order valence-corrected chi connectivity index (χ4v) is 2.97. The van der Waals surface area contributed by atoms with Crippen LogP contribution in [0.3, 0.4) is 0 Å². The van der Waals surface area contributed by atoms with E-state index in [9.17, 15) is 14.0 Å². The highest BCUT2D eigenvalue weighted by Gasteiger charge is 2.24. The third kappa shape index (κ3) is 7.76. The summed E-state index contributed by atoms with van der Waals surface area (Å²) in [6.45, 7) is 4.65. The van der Waals surface area contributed by atoms with Gasteiger partial charge < -0.3 is 24.8 Å². The van der Waals surface area contributed by atoms with E-state index in [1.165, 1.54) is 26.4 Å². The van der Waals surface area contributed by atoms with Gasteiger partial charge in [0, 0.05) is 18.2 Å². The Bertz CT molecular complexity index is 864. The summed E-state index contributed by atoms with van der Waals surface area (Å²) in [7, 11) is 3.01. The van der Waals surface area contributed by atoms with Gasteiger partial charge in [0.1, 0.15) is 29.1 Å². The fourth-order valence-electron chi connectivity index (χ4n) is 2.97. The molecule has 2 rings (SSSR count). The summed E-state index contributed by atoms with van der Waals surface area (Å²) in [5.41, 5.74) is 0.345. The van der Waals surface area contributed by atoms with E-state index in [4.69, 9.17) is 14.2 Å². The van der Waals surface area contributed by atoms with Crippen molar-refractivity contribution >= 4 is 11.8 Å². The second kappa shape index (κ2) is 12.5. The molecule has 174 valence electrons. The van der Waals surface area contributed by atoms with Gasteiger partial charge in [-0.3, -0.25) is 9.59 Å². The predicted octanol–water partition coefficient (Wildman–Crippen LogP) is 3.57. The number of amides is 2. The van der Waals surface area contributed by atoms with E-state index in [1.807, 2.05) is 13.8 Å². The van der Waals surface area contributed by atoms with E-state index < -0.39 is 6.04 Å². The number of rotatable bonds is 12. The normalized spacial score (nSPS) is 11.6. The van der Waals surface area contributed by atoms with Crippen molar-refractivity contribution in [2.24, 2.45) is 5.92 Å². The van der Waals surface area contributed by atoms with Gasteiger partial charge >= 0.3 is 0 Å². The van der Waals surface area contributed by atoms with Crippen molar-refractivity contribution < 1.29 is 28.2 Å². The minimum Gasteiger partial charge on any atom is -0.497 e. The number of unbranched alkanes of at least 4 members (excludes halogenated alkanes) is 1. The SMILES string of the molecule is COc1cc(OC)cc(C(=O)NC(C(=O)NCCCCOc2ccc(F)cc2)C(C)C)c1. The first kappa shape index (κ1) is 25.0. The number of hydrogen-bond donors (Lipinski definition) is 2. The van der Waals surface area contributed by atoms with E-state index in [1.54, 1.807) is 30.3 Å². The Morgan fingerprint density at radius 3 is 2.12 bits per heavy atom. The van der Waals surface area contributed by atoms with Crippen molar-refractivity contribution in [3.05, 3.63) is 53.8 Å². The van der Waals surface area contributed by atoms with E-state index in [0.717, 1.165) is 6.42 Å². The number of benzene rings is 2. The smallest absolute Gasteiger partial charge is 0.252 e. The van der Waals surface area contributed by atoms with Crippen LogP contribution < -0.4 is 24.8 Å². The van der Waals surface area contributed by atoms with Crippen LogP contribution in [0.1, 0.15) is 37.0 Å². The lowest BCUT2D eigenvalue weighted by Gasteiger charge is -2.22. The first-order valence-electron chi connectivity index (χ1n) is 10.5. The second-order valence-electron chi connectivity index (χ2n) is 7.60. The van der Waals surface area contributed by atoms with Gasteiger partial charge in [0.15, 0.2) is 0 Å². The zero-order valence-electron chi connectivity index (χ0n) is 18.9. The van der Waals surface area contributed by atoms with Crippen LogP contribution in [0.25, 0.3) is 0 Å². The number of methoxy groups -OCH3 is 2. The molecule has 0 heterocycles. The third-order valence-corrected chi connectivity index (χ3v) is 4.80. The maximum atomic E-state index is 12.9. The molecule has 0 aliphatic carbocycles. The minimum atomic E-state index is -0.685. The largest absolute Gasteiger partial charge is 0.497 e. The third-order valence-electron chi connectivity index (χ3n) is 4.80. The summed E-state index contributed by atoms with van der Waals surface area (Å²) >= 11 is 0. The van der Waals surface area contributed by atoms with Crippen molar-refractivity contribution in [3.63, 3.8) is 0 Å². The summed E-state index contributed by atoms with van der Waals surface area (Å²) < 4.78 is 28.8. The van der Waals surface area contributed by atoms with Crippen LogP contribution in [0.2, 0.25) is 0 Å². The molecule has 0 radical (unpaired) electrons. The highest BCUT2D eigenvalue weighted by Crippen LogP contribution is 2.22. The Labute approximate surface area is 188 Å². The molecule has 0 aliphatic rings. The topological polar surface area (TPSA) is 85.9 Å². The molecule has 32 heavy (non-hydrogen) atoms. The average molecular weight is 447 g/mol. The average Bonchev–Trinajstić information content (AvgIpc) is 2.79. The van der Waals surface area contributed by atoms with Gasteiger partial charge in [0.2, 0.25) is 5.91 Å². The van der Waals surface area contributed by atoms with Gasteiger partial charge in [0.25, 0.3) is 5.91 Å². The Kier molecular flexibility index (Phi) is 9.78. The molecule has 7 nitrogen and oxygen atoms in total. The Hall–Kier alpha value is -3.29. The van der Waals surface area contributed by atoms with Gasteiger partial charge in [0.05, 0.1) is 20.8 Å².